The highest BCUT2D eigenvalue weighted by atomic mass is 35.9. The molecule has 15 heavy (non-hydrogen) atoms. The summed E-state index contributed by atoms with van der Waals surface area (Å²) in [5, 5.41) is 0. The summed E-state index contributed by atoms with van der Waals surface area (Å²) in [6, 6.07) is 0. The van der Waals surface area contributed by atoms with E-state index in [1.165, 1.54) is 51.4 Å². The molecule has 0 saturated carbocycles. The summed E-state index contributed by atoms with van der Waals surface area (Å²) in [6.07, 6.45) is 11.0. The Morgan fingerprint density at radius 2 is 1.27 bits per heavy atom. The summed E-state index contributed by atoms with van der Waals surface area (Å²) in [4.78, 5) is 0. The smallest absolute Gasteiger partial charge is 0.0749 e. The molecule has 0 unspecified atom stereocenters. The monoisotopic (exact) mass is 270 g/mol. The predicted octanol–water partition coefficient (Wildman–Crippen LogP) is 6.49. The molecule has 0 radical (unpaired) electrons. The lowest BCUT2D eigenvalue weighted by atomic mass is 10.1. The summed E-state index contributed by atoms with van der Waals surface area (Å²) in [6.45, 7) is 3.10. The van der Waals surface area contributed by atoms with Gasteiger partial charge in [0.2, 0.25) is 22.5 Å². The topological polar surface area (TPSA) is 12.4 Å². The average Bonchev–Trinajstić information content (AvgIpc) is 2.20. The van der Waals surface area contributed by atoms with Crippen LogP contribution in [0, 0.1) is 0 Å². The maximum Gasteiger partial charge on any atom is 0.438 e. The normalized spacial score (nSPS) is 10.3. The van der Waals surface area contributed by atoms with Crippen LogP contribution in [0.4, 0.5) is 0 Å². The second-order valence-corrected chi connectivity index (χ2v) is 7.06. The molecule has 0 N–H and O–H groups in total. The molecule has 1 nitrogen and oxygen atoms in total. The molecule has 0 aliphatic rings. The summed E-state index contributed by atoms with van der Waals surface area (Å²) in [5.74, 6) is 0. The lowest BCUT2D eigenvalue weighted by Crippen LogP contribution is -1.82. The van der Waals surface area contributed by atoms with Gasteiger partial charge in [-0.25, -0.2) is 0 Å². The van der Waals surface area contributed by atoms with E-state index < -0.39 is 6.42 Å². The summed E-state index contributed by atoms with van der Waals surface area (Å²) < 4.78 is 4.08. The minimum Gasteiger partial charge on any atom is -0.0749 e. The van der Waals surface area contributed by atoms with Crippen LogP contribution in [0.2, 0.25) is 0 Å². The van der Waals surface area contributed by atoms with E-state index in [1.807, 2.05) is 0 Å². The number of rotatable bonds is 10. The number of unbranched alkanes of at least 4 members (excludes halogenated alkanes) is 8. The van der Waals surface area contributed by atoms with Gasteiger partial charge in [0.15, 0.2) is 0 Å². The average molecular weight is 271 g/mol. The van der Waals surface area contributed by atoms with E-state index in [1.54, 1.807) is 0 Å². The Bertz CT molecular complexity index is 159. The second kappa shape index (κ2) is 12.7. The van der Waals surface area contributed by atoms with Crippen LogP contribution in [0.1, 0.15) is 64.7 Å². The molecular weight excluding hydrogens is 248 g/mol. The van der Waals surface area contributed by atoms with Gasteiger partial charge in [-0.15, -0.1) is 0 Å². The third kappa shape index (κ3) is 14.7. The van der Waals surface area contributed by atoms with Crippen LogP contribution >= 0.6 is 28.9 Å². The Morgan fingerprint density at radius 1 is 0.800 bits per heavy atom. The Kier molecular flexibility index (Phi) is 13.3. The van der Waals surface area contributed by atoms with Gasteiger partial charge in [0.25, 0.3) is 0 Å². The maximum absolute atomic E-state index is 5.55. The van der Waals surface area contributed by atoms with Crippen LogP contribution in [0.3, 0.4) is 0 Å². The van der Waals surface area contributed by atoms with Crippen molar-refractivity contribution >= 4 is 28.9 Å². The van der Waals surface area contributed by atoms with E-state index in [4.69, 9.17) is 22.5 Å². The van der Waals surface area contributed by atoms with Crippen molar-refractivity contribution in [3.8, 4) is 0 Å². The second-order valence-electron chi connectivity index (χ2n) is 3.91. The van der Waals surface area contributed by atoms with Crippen LogP contribution in [0.5, 0.6) is 0 Å². The zero-order valence-electron chi connectivity index (χ0n) is 9.72. The molecule has 4 heteroatoms. The third-order valence-corrected chi connectivity index (χ3v) is 3.52. The van der Waals surface area contributed by atoms with Crippen molar-refractivity contribution in [2.75, 3.05) is 6.54 Å². The van der Waals surface area contributed by atoms with Crippen LogP contribution < -0.4 is 0 Å². The van der Waals surface area contributed by atoms with Gasteiger partial charge in [-0.2, -0.15) is 0 Å². The van der Waals surface area contributed by atoms with Gasteiger partial charge in [0, 0.05) is 0 Å². The molecule has 0 fully saturated rings. The molecular formula is C11H23Cl2NP+. The van der Waals surface area contributed by atoms with Crippen molar-refractivity contribution in [3.05, 3.63) is 0 Å². The van der Waals surface area contributed by atoms with Gasteiger partial charge in [-0.3, -0.25) is 0 Å². The molecule has 0 heterocycles. The highest BCUT2D eigenvalue weighted by molar-refractivity contribution is 7.96. The first-order valence-electron chi connectivity index (χ1n) is 6.06. The van der Waals surface area contributed by atoms with Gasteiger partial charge >= 0.3 is 6.42 Å². The molecule has 0 saturated heterocycles. The van der Waals surface area contributed by atoms with E-state index in [-0.39, 0.29) is 0 Å². The van der Waals surface area contributed by atoms with Gasteiger partial charge in [-0.1, -0.05) is 63.0 Å². The molecule has 0 aromatic heterocycles. The molecule has 90 valence electrons. The van der Waals surface area contributed by atoms with Gasteiger partial charge < -0.3 is 0 Å². The lowest BCUT2D eigenvalue weighted by Gasteiger charge is -1.99. The van der Waals surface area contributed by atoms with Crippen molar-refractivity contribution in [1.29, 1.82) is 0 Å². The first kappa shape index (κ1) is 15.7. The van der Waals surface area contributed by atoms with Crippen molar-refractivity contribution < 1.29 is 0 Å². The molecule has 0 aliphatic carbocycles. The Hall–Kier alpha value is 0.680. The molecule has 0 atom stereocenters. The van der Waals surface area contributed by atoms with E-state index >= 15 is 0 Å². The highest BCUT2D eigenvalue weighted by Crippen LogP contribution is 2.36. The van der Waals surface area contributed by atoms with Crippen molar-refractivity contribution in [2.45, 2.75) is 64.7 Å². The molecule has 0 aromatic carbocycles. The molecule has 0 spiro atoms. The van der Waals surface area contributed by atoms with E-state index in [0.29, 0.717) is 0 Å². The minimum absolute atomic E-state index is 0.842. The minimum atomic E-state index is -1.07. The van der Waals surface area contributed by atoms with Gasteiger partial charge in [-0.05, 0) is 6.42 Å². The molecule has 0 aromatic rings. The first-order chi connectivity index (χ1) is 7.27. The number of hydrogen-bond acceptors (Lipinski definition) is 1. The van der Waals surface area contributed by atoms with Gasteiger partial charge in [0.05, 0.1) is 6.54 Å². The summed E-state index contributed by atoms with van der Waals surface area (Å²) in [5.41, 5.74) is 0. The van der Waals surface area contributed by atoms with E-state index in [0.717, 1.165) is 13.0 Å². The summed E-state index contributed by atoms with van der Waals surface area (Å²) in [7, 11) is 0. The zero-order valence-corrected chi connectivity index (χ0v) is 12.1. The van der Waals surface area contributed by atoms with Crippen LogP contribution in [-0.4, -0.2) is 6.54 Å². The fourth-order valence-electron chi connectivity index (χ4n) is 1.57. The van der Waals surface area contributed by atoms with Crippen molar-refractivity contribution in [3.63, 3.8) is 0 Å². The Morgan fingerprint density at radius 3 is 1.73 bits per heavy atom. The van der Waals surface area contributed by atoms with Crippen molar-refractivity contribution in [1.82, 2.24) is 0 Å². The summed E-state index contributed by atoms with van der Waals surface area (Å²) >= 11 is 11.1. The number of halogens is 2. The largest absolute Gasteiger partial charge is 0.438 e. The third-order valence-electron chi connectivity index (χ3n) is 2.47. The maximum atomic E-state index is 5.55. The van der Waals surface area contributed by atoms with Crippen LogP contribution in [0.15, 0.2) is 4.74 Å². The zero-order chi connectivity index (χ0) is 11.4. The molecule has 0 aliphatic heterocycles. The number of hydrogen-bond donors (Lipinski definition) is 0. The Balaban J connectivity index is 2.96. The standard InChI is InChI=1S/C11H23Cl2NP/c1-2-3-4-5-6-7-8-9-10-11-14-15(12)13/h2-11H2,1H3/q+1. The fraction of sp³-hybridized carbons (Fsp3) is 1.00. The quantitative estimate of drug-likeness (QED) is 0.318. The first-order valence-corrected chi connectivity index (χ1v) is 9.17. The lowest BCUT2D eigenvalue weighted by molar-refractivity contribution is 0.567. The fourth-order valence-corrected chi connectivity index (χ4v) is 2.31. The molecule has 0 bridgehead atoms. The van der Waals surface area contributed by atoms with Crippen LogP contribution in [0.25, 0.3) is 0 Å². The number of nitrogens with zero attached hydrogens (tertiary/aromatic N) is 1. The predicted molar refractivity (Wildman–Crippen MR) is 73.1 cm³/mol. The SMILES string of the molecule is CCCCCCCCCCCN=[P+](Cl)Cl. The Labute approximate surface area is 105 Å². The highest BCUT2D eigenvalue weighted by Gasteiger charge is 2.00. The molecule has 0 amide bonds. The van der Waals surface area contributed by atoms with Crippen LogP contribution in [-0.2, 0) is 0 Å². The van der Waals surface area contributed by atoms with Crippen molar-refractivity contribution in [2.24, 2.45) is 4.74 Å². The van der Waals surface area contributed by atoms with E-state index in [2.05, 4.69) is 11.7 Å². The van der Waals surface area contributed by atoms with E-state index in [9.17, 15) is 0 Å². The van der Waals surface area contributed by atoms with Gasteiger partial charge in [0.1, 0.15) is 0 Å². The molecule has 0 rings (SSSR count).